The lowest BCUT2D eigenvalue weighted by molar-refractivity contribution is -0.699. The van der Waals surface area contributed by atoms with E-state index in [1.54, 1.807) is 30.5 Å². The standard InChI is InChI=1S/C17H16N6O2S/c1-11-8-14(21-20-11)19-16-10-22(9-15-18-6-7-23(15)16)26-13-4-2-12(3-5-13)17(24)25/h2-8,10H,9H2,1H3,(H,24,25)(H2,19,20,21)/p+1. The summed E-state index contributed by atoms with van der Waals surface area (Å²) in [6, 6.07) is 8.76. The lowest BCUT2D eigenvalue weighted by atomic mass is 10.2. The molecule has 1 atom stereocenters. The van der Waals surface area contributed by atoms with Crippen LogP contribution in [0.5, 0.6) is 0 Å². The van der Waals surface area contributed by atoms with Crippen molar-refractivity contribution in [2.24, 2.45) is 4.99 Å². The Labute approximate surface area is 154 Å². The number of amidine groups is 1. The molecule has 1 unspecified atom stereocenters. The second-order valence-electron chi connectivity index (χ2n) is 5.91. The number of carboxylic acid groups (broad SMARTS) is 1. The maximum Gasteiger partial charge on any atom is 0.335 e. The Morgan fingerprint density at radius 1 is 1.38 bits per heavy atom. The molecule has 2 aliphatic heterocycles. The van der Waals surface area contributed by atoms with Gasteiger partial charge < -0.3 is 5.11 Å². The molecule has 8 nitrogen and oxygen atoms in total. The first-order valence-electron chi connectivity index (χ1n) is 7.98. The van der Waals surface area contributed by atoms with Gasteiger partial charge in [-0.3, -0.25) is 14.7 Å². The molecule has 0 amide bonds. The van der Waals surface area contributed by atoms with Crippen molar-refractivity contribution >= 4 is 29.6 Å². The number of carbonyl (C=O) groups is 1. The van der Waals surface area contributed by atoms with Crippen molar-refractivity contribution in [3.63, 3.8) is 0 Å². The first-order valence-corrected chi connectivity index (χ1v) is 8.75. The third kappa shape index (κ3) is 3.35. The Bertz CT molecular complexity index is 931. The highest BCUT2D eigenvalue weighted by Gasteiger charge is 2.32. The Morgan fingerprint density at radius 3 is 2.88 bits per heavy atom. The minimum absolute atomic E-state index is 0.278. The molecular weight excluding hydrogens is 352 g/mol. The van der Waals surface area contributed by atoms with Crippen molar-refractivity contribution in [1.82, 2.24) is 14.5 Å². The number of H-pyrrole nitrogens is 1. The second-order valence-corrected chi connectivity index (χ2v) is 7.03. The second kappa shape index (κ2) is 6.70. The fourth-order valence-electron chi connectivity index (χ4n) is 2.72. The number of carboxylic acids is 1. The van der Waals surface area contributed by atoms with E-state index < -0.39 is 5.97 Å². The highest BCUT2D eigenvalue weighted by Crippen LogP contribution is 2.25. The number of nitrogens with one attached hydrogen (secondary N) is 3. The van der Waals surface area contributed by atoms with E-state index in [0.717, 1.165) is 33.0 Å². The summed E-state index contributed by atoms with van der Waals surface area (Å²) >= 11 is 1.53. The molecule has 3 heterocycles. The molecule has 0 aliphatic carbocycles. The lowest BCUT2D eigenvalue weighted by Crippen LogP contribution is -3.10. The van der Waals surface area contributed by atoms with Gasteiger partial charge in [-0.05, 0) is 43.1 Å². The summed E-state index contributed by atoms with van der Waals surface area (Å²) in [5.74, 6) is 1.73. The number of benzene rings is 1. The van der Waals surface area contributed by atoms with Crippen LogP contribution in [0.2, 0.25) is 0 Å². The number of aryl methyl sites for hydroxylation is 1. The summed E-state index contributed by atoms with van der Waals surface area (Å²) in [6.45, 7) is 2.62. The average Bonchev–Trinajstić information content (AvgIpc) is 3.24. The zero-order valence-electron chi connectivity index (χ0n) is 13.9. The summed E-state index contributed by atoms with van der Waals surface area (Å²) in [7, 11) is 0. The van der Waals surface area contributed by atoms with Gasteiger partial charge in [0.2, 0.25) is 11.7 Å². The molecule has 9 heteroatoms. The molecule has 1 aromatic carbocycles. The maximum atomic E-state index is 11.0. The van der Waals surface area contributed by atoms with Crippen LogP contribution in [0.25, 0.3) is 0 Å². The van der Waals surface area contributed by atoms with Crippen LogP contribution in [-0.4, -0.2) is 38.0 Å². The van der Waals surface area contributed by atoms with Crippen LogP contribution >= 0.6 is 11.9 Å². The minimum Gasteiger partial charge on any atom is -0.478 e. The molecule has 2 aliphatic rings. The molecule has 0 fully saturated rings. The Morgan fingerprint density at radius 2 is 2.19 bits per heavy atom. The van der Waals surface area contributed by atoms with E-state index in [4.69, 9.17) is 5.11 Å². The monoisotopic (exact) mass is 369 g/mol. The van der Waals surface area contributed by atoms with E-state index in [-0.39, 0.29) is 5.56 Å². The molecule has 2 aromatic rings. The van der Waals surface area contributed by atoms with Gasteiger partial charge in [-0.2, -0.15) is 5.10 Å². The number of anilines is 1. The van der Waals surface area contributed by atoms with Crippen molar-refractivity contribution in [2.45, 2.75) is 11.8 Å². The number of aromatic carboxylic acids is 1. The maximum absolute atomic E-state index is 11.0. The zero-order valence-corrected chi connectivity index (χ0v) is 14.7. The molecule has 0 spiro atoms. The minimum atomic E-state index is -0.925. The van der Waals surface area contributed by atoms with Gasteiger partial charge in [0.15, 0.2) is 5.82 Å². The molecule has 1 aromatic heterocycles. The highest BCUT2D eigenvalue weighted by atomic mass is 32.2. The molecule has 0 saturated heterocycles. The number of aliphatic imine (C=N–C) groups is 1. The number of nitrogens with zero attached hydrogens (tertiary/aromatic N) is 3. The topological polar surface area (TPSA) is 98.1 Å². The van der Waals surface area contributed by atoms with E-state index in [0.29, 0.717) is 6.54 Å². The highest BCUT2D eigenvalue weighted by molar-refractivity contribution is 7.97. The zero-order chi connectivity index (χ0) is 18.1. The average molecular weight is 369 g/mol. The summed E-state index contributed by atoms with van der Waals surface area (Å²) in [5.41, 5.74) is 1.26. The molecule has 132 valence electrons. The van der Waals surface area contributed by atoms with Crippen molar-refractivity contribution in [1.29, 1.82) is 0 Å². The molecule has 0 saturated carbocycles. The fraction of sp³-hybridized carbons (Fsp3) is 0.118. The van der Waals surface area contributed by atoms with E-state index in [9.17, 15) is 4.79 Å². The third-order valence-corrected chi connectivity index (χ3v) is 4.90. The van der Waals surface area contributed by atoms with Gasteiger partial charge in [0.05, 0.1) is 18.0 Å². The Hall–Kier alpha value is -3.04. The molecule has 4 N–H and O–H groups in total. The van der Waals surface area contributed by atoms with Crippen LogP contribution in [0.15, 0.2) is 64.6 Å². The van der Waals surface area contributed by atoms with Crippen molar-refractivity contribution in [3.05, 3.63) is 66.0 Å². The molecule has 0 bridgehead atoms. The van der Waals surface area contributed by atoms with Crippen molar-refractivity contribution in [2.75, 3.05) is 11.9 Å². The summed E-state index contributed by atoms with van der Waals surface area (Å²) < 4.78 is 2.06. The molecule has 4 rings (SSSR count). The number of hydrogen-bond acceptors (Lipinski definition) is 6. The van der Waals surface area contributed by atoms with E-state index >= 15 is 0 Å². The van der Waals surface area contributed by atoms with E-state index in [1.807, 2.05) is 25.4 Å². The van der Waals surface area contributed by atoms with Crippen LogP contribution in [0.1, 0.15) is 16.1 Å². The van der Waals surface area contributed by atoms with Crippen LogP contribution in [-0.2, 0) is 0 Å². The smallest absolute Gasteiger partial charge is 0.335 e. The normalized spacial score (nSPS) is 18.3. The van der Waals surface area contributed by atoms with Gasteiger partial charge in [0.1, 0.15) is 12.7 Å². The summed E-state index contributed by atoms with van der Waals surface area (Å²) in [5, 5.41) is 19.5. The number of aromatic nitrogens is 2. The van der Waals surface area contributed by atoms with E-state index in [1.165, 1.54) is 11.9 Å². The number of fused-ring (bicyclic) bond motifs is 1. The van der Waals surface area contributed by atoms with Crippen LogP contribution in [0.3, 0.4) is 0 Å². The van der Waals surface area contributed by atoms with Gasteiger partial charge >= 0.3 is 5.97 Å². The van der Waals surface area contributed by atoms with Crippen LogP contribution in [0.4, 0.5) is 5.82 Å². The van der Waals surface area contributed by atoms with Crippen LogP contribution in [0, 0.1) is 6.92 Å². The number of aromatic amines is 1. The number of hydrogen-bond donors (Lipinski definition) is 4. The largest absolute Gasteiger partial charge is 0.478 e. The van der Waals surface area contributed by atoms with Gasteiger partial charge in [0, 0.05) is 16.7 Å². The molecule has 26 heavy (non-hydrogen) atoms. The quantitative estimate of drug-likeness (QED) is 0.595. The third-order valence-electron chi connectivity index (χ3n) is 3.94. The van der Waals surface area contributed by atoms with Gasteiger partial charge in [0.25, 0.3) is 0 Å². The predicted molar refractivity (Wildman–Crippen MR) is 98.5 cm³/mol. The summed E-state index contributed by atoms with van der Waals surface area (Å²) in [6.07, 6.45) is 5.80. The Kier molecular flexibility index (Phi) is 4.23. The van der Waals surface area contributed by atoms with Crippen LogP contribution < -0.4 is 10.2 Å². The van der Waals surface area contributed by atoms with Crippen molar-refractivity contribution in [3.8, 4) is 0 Å². The first kappa shape index (κ1) is 16.4. The van der Waals surface area contributed by atoms with Gasteiger partial charge in [-0.15, -0.1) is 0 Å². The first-order chi connectivity index (χ1) is 12.6. The molecular formula is C17H17N6O2S+. The number of rotatable bonds is 5. The number of quaternary nitrogens is 1. The SMILES string of the molecule is Cc1cc(NC2=CN(Sc3ccc(C(=O)O)cc3)CC3=NC=C[NH+]23)n[nH]1. The van der Waals surface area contributed by atoms with Crippen molar-refractivity contribution < 1.29 is 14.8 Å². The fourth-order valence-corrected chi connectivity index (χ4v) is 3.59. The van der Waals surface area contributed by atoms with E-state index in [2.05, 4.69) is 24.8 Å². The summed E-state index contributed by atoms with van der Waals surface area (Å²) in [4.78, 5) is 17.4. The Balaban J connectivity index is 1.54. The van der Waals surface area contributed by atoms with Gasteiger partial charge in [-0.1, -0.05) is 0 Å². The molecule has 0 radical (unpaired) electrons. The lowest BCUT2D eigenvalue weighted by Gasteiger charge is -2.27. The predicted octanol–water partition coefficient (Wildman–Crippen LogP) is 1.42. The van der Waals surface area contributed by atoms with Gasteiger partial charge in [-0.25, -0.2) is 14.7 Å².